The smallest absolute Gasteiger partial charge is 0.142 e. The molecule has 2 fully saturated rings. The maximum atomic E-state index is 13.8. The van der Waals surface area contributed by atoms with Gasteiger partial charge in [-0.05, 0) is 78.2 Å². The van der Waals surface area contributed by atoms with Gasteiger partial charge in [0.15, 0.2) is 0 Å². The fraction of sp³-hybridized carbons (Fsp3) is 0.586. The van der Waals surface area contributed by atoms with E-state index in [0.717, 1.165) is 28.9 Å². The lowest BCUT2D eigenvalue weighted by molar-refractivity contribution is 0.224. The van der Waals surface area contributed by atoms with Crippen LogP contribution in [0.5, 0.6) is 0 Å². The molecule has 0 heterocycles. The van der Waals surface area contributed by atoms with Crippen molar-refractivity contribution in [3.8, 4) is 11.1 Å². The van der Waals surface area contributed by atoms with E-state index in [-0.39, 0.29) is 10.8 Å². The molecule has 0 saturated heterocycles. The van der Waals surface area contributed by atoms with Gasteiger partial charge in [0.2, 0.25) is 0 Å². The summed E-state index contributed by atoms with van der Waals surface area (Å²) >= 11 is 5.82. The maximum Gasteiger partial charge on any atom is 0.142 e. The van der Waals surface area contributed by atoms with Crippen LogP contribution in [-0.2, 0) is 0 Å². The summed E-state index contributed by atoms with van der Waals surface area (Å²) in [6.45, 7) is 2.33. The second-order valence-electron chi connectivity index (χ2n) is 10.2. The quantitative estimate of drug-likeness (QED) is 0.401. The van der Waals surface area contributed by atoms with Gasteiger partial charge in [-0.3, -0.25) is 0 Å². The maximum absolute atomic E-state index is 13.8. The third-order valence-electron chi connectivity index (χ3n) is 8.13. The molecule has 0 nitrogen and oxygen atoms in total. The van der Waals surface area contributed by atoms with Crippen LogP contribution >= 0.6 is 11.6 Å². The second-order valence-corrected chi connectivity index (χ2v) is 10.6. The van der Waals surface area contributed by atoms with Crippen molar-refractivity contribution in [3.63, 3.8) is 0 Å². The van der Waals surface area contributed by atoms with Gasteiger partial charge in [-0.25, -0.2) is 4.39 Å². The van der Waals surface area contributed by atoms with Crippen LogP contribution in [0.1, 0.15) is 95.5 Å². The van der Waals surface area contributed by atoms with Crippen LogP contribution in [0.25, 0.3) is 11.1 Å². The van der Waals surface area contributed by atoms with Crippen molar-refractivity contribution in [1.82, 2.24) is 0 Å². The Morgan fingerprint density at radius 3 is 1.77 bits per heavy atom. The van der Waals surface area contributed by atoms with Crippen LogP contribution in [0.2, 0.25) is 5.02 Å². The molecule has 4 rings (SSSR count). The number of hydrogen-bond donors (Lipinski definition) is 0. The first-order chi connectivity index (χ1) is 15.1. The van der Waals surface area contributed by atoms with Crippen molar-refractivity contribution >= 4 is 11.6 Å². The molecule has 2 aromatic carbocycles. The Morgan fingerprint density at radius 1 is 0.710 bits per heavy atom. The molecule has 2 aliphatic rings. The standard InChI is InChI=1S/C29H38ClF/c1-2-3-21-4-6-22(7-5-21)8-9-23-10-12-24(13-11-23)25-14-16-26(17-15-25)27-18-19-28(30)29(31)20-27/h14-24H,2-13H2,1H3/t21-,22-,23?,24?. The van der Waals surface area contributed by atoms with Crippen molar-refractivity contribution in [2.24, 2.45) is 17.8 Å². The summed E-state index contributed by atoms with van der Waals surface area (Å²) in [6, 6.07) is 13.8. The molecule has 0 unspecified atom stereocenters. The summed E-state index contributed by atoms with van der Waals surface area (Å²) < 4.78 is 13.8. The summed E-state index contributed by atoms with van der Waals surface area (Å²) in [7, 11) is 0. The topological polar surface area (TPSA) is 0 Å². The predicted molar refractivity (Wildman–Crippen MR) is 131 cm³/mol. The zero-order valence-corrected chi connectivity index (χ0v) is 19.8. The van der Waals surface area contributed by atoms with Crippen molar-refractivity contribution in [1.29, 1.82) is 0 Å². The van der Waals surface area contributed by atoms with E-state index in [9.17, 15) is 4.39 Å². The van der Waals surface area contributed by atoms with E-state index < -0.39 is 0 Å². The normalized spacial score (nSPS) is 26.7. The van der Waals surface area contributed by atoms with E-state index in [4.69, 9.17) is 11.6 Å². The molecular weight excluding hydrogens is 403 g/mol. The lowest BCUT2D eigenvalue weighted by Gasteiger charge is -2.32. The second kappa shape index (κ2) is 11.0. The molecule has 2 heteroatoms. The Morgan fingerprint density at radius 2 is 1.23 bits per heavy atom. The molecule has 0 aromatic heterocycles. The van der Waals surface area contributed by atoms with Gasteiger partial charge in [-0.1, -0.05) is 100 Å². The summed E-state index contributed by atoms with van der Waals surface area (Å²) in [5.74, 6) is 3.33. The third-order valence-corrected chi connectivity index (χ3v) is 8.43. The largest absolute Gasteiger partial charge is 0.205 e. The van der Waals surface area contributed by atoms with Gasteiger partial charge in [0.1, 0.15) is 5.82 Å². The van der Waals surface area contributed by atoms with E-state index in [1.807, 2.05) is 6.07 Å². The fourth-order valence-corrected chi connectivity index (χ4v) is 6.21. The SMILES string of the molecule is CCC[C@H]1CC[C@H](CCC2CCC(c3ccc(-c4ccc(Cl)c(F)c4)cc3)CC2)CC1. The van der Waals surface area contributed by atoms with Gasteiger partial charge in [0.05, 0.1) is 5.02 Å². The zero-order valence-electron chi connectivity index (χ0n) is 19.1. The molecule has 0 aliphatic heterocycles. The zero-order chi connectivity index (χ0) is 21.6. The van der Waals surface area contributed by atoms with Gasteiger partial charge in [0, 0.05) is 0 Å². The van der Waals surface area contributed by atoms with Crippen LogP contribution in [0, 0.1) is 23.6 Å². The Bertz CT molecular complexity index is 811. The first kappa shape index (κ1) is 22.8. The van der Waals surface area contributed by atoms with E-state index >= 15 is 0 Å². The van der Waals surface area contributed by atoms with E-state index in [0.29, 0.717) is 5.92 Å². The average Bonchev–Trinajstić information content (AvgIpc) is 2.81. The monoisotopic (exact) mass is 440 g/mol. The highest BCUT2D eigenvalue weighted by atomic mass is 35.5. The summed E-state index contributed by atoms with van der Waals surface area (Å²) in [5.41, 5.74) is 3.40. The van der Waals surface area contributed by atoms with E-state index in [1.165, 1.54) is 88.7 Å². The molecule has 0 N–H and O–H groups in total. The van der Waals surface area contributed by atoms with Gasteiger partial charge in [-0.2, -0.15) is 0 Å². The highest BCUT2D eigenvalue weighted by molar-refractivity contribution is 6.30. The highest BCUT2D eigenvalue weighted by Crippen LogP contribution is 2.40. The van der Waals surface area contributed by atoms with Crippen molar-refractivity contribution in [3.05, 3.63) is 58.9 Å². The van der Waals surface area contributed by atoms with Gasteiger partial charge in [-0.15, -0.1) is 0 Å². The number of rotatable bonds is 7. The number of benzene rings is 2. The molecule has 0 spiro atoms. The molecular formula is C29H38ClF. The average molecular weight is 441 g/mol. The van der Waals surface area contributed by atoms with Crippen molar-refractivity contribution < 1.29 is 4.39 Å². The lowest BCUT2D eigenvalue weighted by Crippen LogP contribution is -2.17. The Hall–Kier alpha value is -1.34. The third kappa shape index (κ3) is 6.13. The van der Waals surface area contributed by atoms with Crippen LogP contribution in [0.4, 0.5) is 4.39 Å². The minimum absolute atomic E-state index is 0.182. The molecule has 2 saturated carbocycles. The summed E-state index contributed by atoms with van der Waals surface area (Å²) in [4.78, 5) is 0. The summed E-state index contributed by atoms with van der Waals surface area (Å²) in [5, 5.41) is 0.182. The fourth-order valence-electron chi connectivity index (χ4n) is 6.10. The predicted octanol–water partition coefficient (Wildman–Crippen LogP) is 9.81. The minimum atomic E-state index is -0.351. The highest BCUT2D eigenvalue weighted by Gasteiger charge is 2.25. The first-order valence-corrected chi connectivity index (χ1v) is 13.1. The Balaban J connectivity index is 1.22. The number of halogens is 2. The van der Waals surface area contributed by atoms with Crippen LogP contribution in [0.3, 0.4) is 0 Å². The van der Waals surface area contributed by atoms with Crippen LogP contribution in [-0.4, -0.2) is 0 Å². The molecule has 0 bridgehead atoms. The molecule has 2 aliphatic carbocycles. The van der Waals surface area contributed by atoms with Gasteiger partial charge in [0.25, 0.3) is 0 Å². The molecule has 2 aromatic rings. The molecule has 0 radical (unpaired) electrons. The molecule has 168 valence electrons. The Kier molecular flexibility index (Phi) is 8.10. The van der Waals surface area contributed by atoms with Crippen LogP contribution < -0.4 is 0 Å². The minimum Gasteiger partial charge on any atom is -0.205 e. The van der Waals surface area contributed by atoms with Crippen molar-refractivity contribution in [2.45, 2.75) is 89.9 Å². The lowest BCUT2D eigenvalue weighted by atomic mass is 9.74. The first-order valence-electron chi connectivity index (χ1n) is 12.7. The Labute approximate surface area is 193 Å². The molecule has 0 amide bonds. The van der Waals surface area contributed by atoms with Crippen molar-refractivity contribution in [2.75, 3.05) is 0 Å². The van der Waals surface area contributed by atoms with E-state index in [1.54, 1.807) is 6.07 Å². The molecule has 0 atom stereocenters. The summed E-state index contributed by atoms with van der Waals surface area (Å²) in [6.07, 6.45) is 17.1. The van der Waals surface area contributed by atoms with E-state index in [2.05, 4.69) is 31.2 Å². The van der Waals surface area contributed by atoms with Crippen LogP contribution in [0.15, 0.2) is 42.5 Å². The number of hydrogen-bond acceptors (Lipinski definition) is 0. The van der Waals surface area contributed by atoms with Gasteiger partial charge < -0.3 is 0 Å². The van der Waals surface area contributed by atoms with Gasteiger partial charge >= 0.3 is 0 Å². The molecule has 31 heavy (non-hydrogen) atoms.